The summed E-state index contributed by atoms with van der Waals surface area (Å²) in [5.41, 5.74) is 1.89. The molecule has 0 heterocycles. The van der Waals surface area contributed by atoms with Crippen molar-refractivity contribution in [3.05, 3.63) is 47.5 Å². The summed E-state index contributed by atoms with van der Waals surface area (Å²) in [4.78, 5) is 40.9. The lowest BCUT2D eigenvalue weighted by Gasteiger charge is -2.34. The molecule has 7 nitrogen and oxygen atoms in total. The molecule has 8 heteroatoms. The molecule has 1 aromatic carbocycles. The number of unbranched alkanes of at least 4 members (excludes halogenated alkanes) is 2. The highest BCUT2D eigenvalue weighted by atomic mass is 32.1. The van der Waals surface area contributed by atoms with E-state index in [9.17, 15) is 14.4 Å². The van der Waals surface area contributed by atoms with E-state index in [0.717, 1.165) is 36.0 Å². The van der Waals surface area contributed by atoms with Gasteiger partial charge in [0.15, 0.2) is 0 Å². The first kappa shape index (κ1) is 29.6. The van der Waals surface area contributed by atoms with E-state index in [0.29, 0.717) is 6.54 Å². The van der Waals surface area contributed by atoms with Crippen molar-refractivity contribution in [3.63, 3.8) is 0 Å². The number of nitrogens with zero attached hydrogens (tertiary/aromatic N) is 1. The molecule has 0 radical (unpaired) electrons. The van der Waals surface area contributed by atoms with Crippen LogP contribution in [0.3, 0.4) is 0 Å². The third kappa shape index (κ3) is 9.41. The number of carbonyl (C=O) groups excluding carboxylic acids is 3. The van der Waals surface area contributed by atoms with Crippen LogP contribution in [0.15, 0.2) is 30.9 Å². The molecule has 0 spiro atoms. The molecule has 1 aromatic rings. The molecule has 0 bridgehead atoms. The van der Waals surface area contributed by atoms with Gasteiger partial charge in [0, 0.05) is 18.8 Å². The first-order valence-electron chi connectivity index (χ1n) is 11.8. The summed E-state index contributed by atoms with van der Waals surface area (Å²) < 4.78 is 5.31. The van der Waals surface area contributed by atoms with E-state index in [4.69, 9.17) is 4.74 Å². The smallest absolute Gasteiger partial charge is 0.408 e. The first-order valence-corrected chi connectivity index (χ1v) is 12.4. The van der Waals surface area contributed by atoms with E-state index < -0.39 is 29.7 Å². The van der Waals surface area contributed by atoms with Gasteiger partial charge in [-0.2, -0.15) is 12.6 Å². The van der Waals surface area contributed by atoms with Crippen molar-refractivity contribution in [2.45, 2.75) is 78.5 Å². The molecule has 34 heavy (non-hydrogen) atoms. The van der Waals surface area contributed by atoms with Crippen LogP contribution in [0.4, 0.5) is 4.79 Å². The monoisotopic (exact) mass is 491 g/mol. The second-order valence-corrected chi connectivity index (χ2v) is 9.79. The minimum Gasteiger partial charge on any atom is -0.444 e. The summed E-state index contributed by atoms with van der Waals surface area (Å²) >= 11 is 4.28. The molecular formula is C26H41N3O4S. The quantitative estimate of drug-likeness (QED) is 0.228. The second-order valence-electron chi connectivity index (χ2n) is 9.42. The number of ether oxygens (including phenoxy) is 1. The Kier molecular flexibility index (Phi) is 12.2. The summed E-state index contributed by atoms with van der Waals surface area (Å²) in [6.07, 6.45) is 3.76. The molecule has 2 atom stereocenters. The zero-order chi connectivity index (χ0) is 25.9. The van der Waals surface area contributed by atoms with Crippen LogP contribution in [0.2, 0.25) is 0 Å². The lowest BCUT2D eigenvalue weighted by Crippen LogP contribution is -2.54. The second kappa shape index (κ2) is 14.0. The molecule has 0 aliphatic carbocycles. The number of benzene rings is 1. The number of hydrogen-bond acceptors (Lipinski definition) is 5. The number of hydrogen-bond donors (Lipinski definition) is 3. The van der Waals surface area contributed by atoms with Crippen LogP contribution in [-0.2, 0) is 14.3 Å². The van der Waals surface area contributed by atoms with Crippen molar-refractivity contribution in [2.24, 2.45) is 0 Å². The lowest BCUT2D eigenvalue weighted by molar-refractivity contribution is -0.141. The molecule has 190 valence electrons. The van der Waals surface area contributed by atoms with E-state index in [1.54, 1.807) is 26.8 Å². The van der Waals surface area contributed by atoms with Gasteiger partial charge < -0.3 is 20.3 Å². The Bertz CT molecular complexity index is 851. The van der Waals surface area contributed by atoms with Gasteiger partial charge in [0.1, 0.15) is 17.7 Å². The highest BCUT2D eigenvalue weighted by Crippen LogP contribution is 2.27. The largest absolute Gasteiger partial charge is 0.444 e. The molecule has 2 unspecified atom stereocenters. The van der Waals surface area contributed by atoms with Gasteiger partial charge in [-0.05, 0) is 52.2 Å². The van der Waals surface area contributed by atoms with E-state index in [-0.39, 0.29) is 18.2 Å². The van der Waals surface area contributed by atoms with E-state index >= 15 is 0 Å². The first-order chi connectivity index (χ1) is 15.9. The van der Waals surface area contributed by atoms with Gasteiger partial charge in [0.05, 0.1) is 0 Å². The fourth-order valence-corrected chi connectivity index (χ4v) is 3.73. The summed E-state index contributed by atoms with van der Waals surface area (Å²) in [6.45, 7) is 15.6. The zero-order valence-electron chi connectivity index (χ0n) is 21.4. The molecule has 0 aliphatic rings. The molecule has 2 N–H and O–H groups in total. The minimum atomic E-state index is -0.973. The molecule has 0 fully saturated rings. The average molecular weight is 492 g/mol. The molecule has 1 rings (SSSR count). The van der Waals surface area contributed by atoms with E-state index in [2.05, 4.69) is 36.8 Å². The van der Waals surface area contributed by atoms with Crippen molar-refractivity contribution in [1.29, 1.82) is 0 Å². The maximum absolute atomic E-state index is 13.6. The maximum atomic E-state index is 13.6. The Morgan fingerprint density at radius 3 is 2.44 bits per heavy atom. The van der Waals surface area contributed by atoms with Crippen LogP contribution in [0.25, 0.3) is 0 Å². The number of thiol groups is 1. The summed E-state index contributed by atoms with van der Waals surface area (Å²) in [5, 5.41) is 5.59. The third-order valence-corrected chi connectivity index (χ3v) is 5.51. The van der Waals surface area contributed by atoms with Gasteiger partial charge in [-0.1, -0.05) is 49.6 Å². The maximum Gasteiger partial charge on any atom is 0.408 e. The molecule has 0 aliphatic heterocycles. The van der Waals surface area contributed by atoms with Crippen LogP contribution in [-0.4, -0.2) is 53.3 Å². The Balaban J connectivity index is 3.34. The van der Waals surface area contributed by atoms with E-state index in [1.807, 2.05) is 32.0 Å². The van der Waals surface area contributed by atoms with Crippen LogP contribution >= 0.6 is 12.6 Å². The average Bonchev–Trinajstić information content (AvgIpc) is 2.75. The van der Waals surface area contributed by atoms with Crippen molar-refractivity contribution in [2.75, 3.05) is 18.8 Å². The summed E-state index contributed by atoms with van der Waals surface area (Å²) in [5.74, 6) is -0.658. The standard InChI is InChI=1S/C26H41N3O4S/c1-8-10-11-14-27-23(30)22(20-16-18(3)12-13-19(20)4)29(15-9-2)24(31)21(17-34)28-25(32)33-26(5,6)7/h9,12-13,16,21-22,34H,2,8,10-11,14-15,17H2,1,3-7H3,(H,27,30)(H,28,32). The highest BCUT2D eigenvalue weighted by Gasteiger charge is 2.36. The molecular weight excluding hydrogens is 450 g/mol. The van der Waals surface area contributed by atoms with Crippen molar-refractivity contribution in [1.82, 2.24) is 15.5 Å². The number of alkyl carbamates (subject to hydrolysis) is 1. The Morgan fingerprint density at radius 1 is 1.21 bits per heavy atom. The number of amides is 3. The van der Waals surface area contributed by atoms with Crippen molar-refractivity contribution in [3.8, 4) is 0 Å². The molecule has 3 amide bonds. The summed E-state index contributed by atoms with van der Waals surface area (Å²) in [6, 6.07) is 3.98. The predicted octanol–water partition coefficient (Wildman–Crippen LogP) is 4.49. The van der Waals surface area contributed by atoms with Crippen LogP contribution in [0, 0.1) is 13.8 Å². The van der Waals surface area contributed by atoms with Gasteiger partial charge in [0.2, 0.25) is 11.8 Å². The number of carbonyl (C=O) groups is 3. The highest BCUT2D eigenvalue weighted by molar-refractivity contribution is 7.80. The van der Waals surface area contributed by atoms with Gasteiger partial charge in [-0.3, -0.25) is 9.59 Å². The van der Waals surface area contributed by atoms with Gasteiger partial charge in [-0.15, -0.1) is 6.58 Å². The van der Waals surface area contributed by atoms with Crippen LogP contribution in [0.5, 0.6) is 0 Å². The fourth-order valence-electron chi connectivity index (χ4n) is 3.49. The fraction of sp³-hybridized carbons (Fsp3) is 0.577. The Morgan fingerprint density at radius 2 is 1.88 bits per heavy atom. The topological polar surface area (TPSA) is 87.7 Å². The molecule has 0 saturated heterocycles. The zero-order valence-corrected chi connectivity index (χ0v) is 22.3. The Labute approximate surface area is 210 Å². The lowest BCUT2D eigenvalue weighted by atomic mass is 9.96. The molecule has 0 saturated carbocycles. The van der Waals surface area contributed by atoms with Gasteiger partial charge in [0.25, 0.3) is 0 Å². The van der Waals surface area contributed by atoms with Crippen LogP contribution < -0.4 is 10.6 Å². The Hall–Kier alpha value is -2.48. The van der Waals surface area contributed by atoms with Crippen molar-refractivity contribution < 1.29 is 19.1 Å². The number of nitrogens with one attached hydrogen (secondary N) is 2. The minimum absolute atomic E-state index is 0.0450. The summed E-state index contributed by atoms with van der Waals surface area (Å²) in [7, 11) is 0. The van der Waals surface area contributed by atoms with Crippen LogP contribution in [0.1, 0.15) is 69.7 Å². The predicted molar refractivity (Wildman–Crippen MR) is 140 cm³/mol. The van der Waals surface area contributed by atoms with E-state index in [1.165, 1.54) is 4.90 Å². The molecule has 0 aromatic heterocycles. The van der Waals surface area contributed by atoms with Gasteiger partial charge in [-0.25, -0.2) is 4.79 Å². The van der Waals surface area contributed by atoms with Gasteiger partial charge >= 0.3 is 6.09 Å². The third-order valence-electron chi connectivity index (χ3n) is 5.15. The van der Waals surface area contributed by atoms with Crippen molar-refractivity contribution >= 4 is 30.5 Å². The normalized spacial score (nSPS) is 12.9. The number of aryl methyl sites for hydroxylation is 2. The number of rotatable bonds is 12. The SMILES string of the molecule is C=CCN(C(=O)C(CS)NC(=O)OC(C)(C)C)C(C(=O)NCCCCC)c1cc(C)ccc1C.